The van der Waals surface area contributed by atoms with Crippen LogP contribution in [0.3, 0.4) is 0 Å². The molecule has 6 nitrogen and oxygen atoms in total. The summed E-state index contributed by atoms with van der Waals surface area (Å²) in [6.07, 6.45) is 0. The van der Waals surface area contributed by atoms with Gasteiger partial charge < -0.3 is 11.1 Å². The van der Waals surface area contributed by atoms with E-state index in [0.29, 0.717) is 6.04 Å². The van der Waals surface area contributed by atoms with Crippen molar-refractivity contribution >= 4 is 11.9 Å². The van der Waals surface area contributed by atoms with Gasteiger partial charge in [0.05, 0.1) is 6.54 Å². The molecule has 0 aliphatic carbocycles. The summed E-state index contributed by atoms with van der Waals surface area (Å²) in [5.41, 5.74) is 4.83. The average Bonchev–Trinajstić information content (AvgIpc) is 2.07. The van der Waals surface area contributed by atoms with Crippen LogP contribution in [0.1, 0.15) is 6.92 Å². The first-order valence-corrected chi connectivity index (χ1v) is 4.63. The first-order chi connectivity index (χ1) is 6.59. The Labute approximate surface area is 82.8 Å². The molecule has 1 fully saturated rings. The molecule has 1 aliphatic heterocycles. The van der Waals surface area contributed by atoms with Gasteiger partial charge in [-0.15, -0.1) is 0 Å². The van der Waals surface area contributed by atoms with Gasteiger partial charge in [-0.2, -0.15) is 0 Å². The third kappa shape index (κ3) is 3.31. The Morgan fingerprint density at radius 1 is 1.64 bits per heavy atom. The summed E-state index contributed by atoms with van der Waals surface area (Å²) in [5, 5.41) is 5.26. The van der Waals surface area contributed by atoms with Crippen LogP contribution in [-0.2, 0) is 4.79 Å². The Balaban J connectivity index is 2.34. The molecule has 0 aromatic heterocycles. The highest BCUT2D eigenvalue weighted by molar-refractivity contribution is 5.94. The number of nitrogens with zero attached hydrogens (tertiary/aromatic N) is 1. The molecule has 0 aromatic carbocycles. The highest BCUT2D eigenvalue weighted by Gasteiger charge is 2.20. The third-order valence-corrected chi connectivity index (χ3v) is 2.25. The summed E-state index contributed by atoms with van der Waals surface area (Å²) in [7, 11) is 0. The number of primary amides is 1. The van der Waals surface area contributed by atoms with E-state index in [9.17, 15) is 9.59 Å². The lowest BCUT2D eigenvalue weighted by atomic mass is 10.2. The largest absolute Gasteiger partial charge is 0.351 e. The molecule has 0 radical (unpaired) electrons. The zero-order valence-electron chi connectivity index (χ0n) is 8.25. The first kappa shape index (κ1) is 10.9. The predicted octanol–water partition coefficient (Wildman–Crippen LogP) is -1.52. The molecule has 1 atom stereocenters. The Bertz CT molecular complexity index is 231. The van der Waals surface area contributed by atoms with Gasteiger partial charge >= 0.3 is 6.03 Å². The quantitative estimate of drug-likeness (QED) is 0.505. The summed E-state index contributed by atoms with van der Waals surface area (Å²) in [5.74, 6) is -0.341. The van der Waals surface area contributed by atoms with Gasteiger partial charge in [-0.3, -0.25) is 15.0 Å². The Kier molecular flexibility index (Phi) is 3.84. The number of nitrogens with one attached hydrogen (secondary N) is 2. The van der Waals surface area contributed by atoms with Crippen LogP contribution in [-0.4, -0.2) is 49.1 Å². The average molecular weight is 200 g/mol. The van der Waals surface area contributed by atoms with Crippen molar-refractivity contribution in [3.05, 3.63) is 0 Å². The number of piperazine rings is 1. The van der Waals surface area contributed by atoms with E-state index < -0.39 is 6.03 Å². The van der Waals surface area contributed by atoms with Crippen LogP contribution in [0.2, 0.25) is 0 Å². The van der Waals surface area contributed by atoms with Gasteiger partial charge in [-0.25, -0.2) is 4.79 Å². The van der Waals surface area contributed by atoms with E-state index in [1.807, 2.05) is 17.1 Å². The molecule has 1 aliphatic rings. The van der Waals surface area contributed by atoms with Crippen LogP contribution in [0.15, 0.2) is 0 Å². The van der Waals surface area contributed by atoms with Crippen molar-refractivity contribution < 1.29 is 9.59 Å². The molecule has 1 heterocycles. The molecular formula is C8H16N4O2. The molecule has 0 saturated carbocycles. The number of hydrogen-bond donors (Lipinski definition) is 3. The van der Waals surface area contributed by atoms with Crippen molar-refractivity contribution in [2.24, 2.45) is 5.73 Å². The van der Waals surface area contributed by atoms with E-state index in [-0.39, 0.29) is 12.5 Å². The maximum absolute atomic E-state index is 11.2. The number of rotatable bonds is 2. The Hall–Kier alpha value is -1.14. The lowest BCUT2D eigenvalue weighted by molar-refractivity contribution is -0.121. The van der Waals surface area contributed by atoms with Gasteiger partial charge in [0.1, 0.15) is 0 Å². The van der Waals surface area contributed by atoms with E-state index in [1.54, 1.807) is 0 Å². The fourth-order valence-electron chi connectivity index (χ4n) is 1.48. The summed E-state index contributed by atoms with van der Waals surface area (Å²) >= 11 is 0. The maximum atomic E-state index is 11.2. The minimum Gasteiger partial charge on any atom is -0.351 e. The highest BCUT2D eigenvalue weighted by Crippen LogP contribution is 2.00. The Morgan fingerprint density at radius 2 is 2.36 bits per heavy atom. The molecule has 1 unspecified atom stereocenters. The van der Waals surface area contributed by atoms with Gasteiger partial charge in [-0.1, -0.05) is 0 Å². The molecular weight excluding hydrogens is 184 g/mol. The second-order valence-corrected chi connectivity index (χ2v) is 3.44. The third-order valence-electron chi connectivity index (χ3n) is 2.25. The zero-order valence-corrected chi connectivity index (χ0v) is 8.25. The topological polar surface area (TPSA) is 87.5 Å². The van der Waals surface area contributed by atoms with Gasteiger partial charge in [-0.05, 0) is 6.92 Å². The highest BCUT2D eigenvalue weighted by atomic mass is 16.2. The number of hydrogen-bond acceptors (Lipinski definition) is 4. The predicted molar refractivity (Wildman–Crippen MR) is 51.6 cm³/mol. The molecule has 3 amide bonds. The van der Waals surface area contributed by atoms with Crippen LogP contribution < -0.4 is 16.4 Å². The number of carbonyl (C=O) groups is 2. The fourth-order valence-corrected chi connectivity index (χ4v) is 1.48. The normalized spacial score (nSPS) is 23.1. The standard InChI is InChI=1S/C8H16N4O2/c1-6-4-10-2-3-12(6)5-7(13)11-8(9)14/h6,10H,2-5H2,1H3,(H3,9,11,13,14). The van der Waals surface area contributed by atoms with Crippen molar-refractivity contribution in [1.82, 2.24) is 15.5 Å². The summed E-state index contributed by atoms with van der Waals surface area (Å²) in [6, 6.07) is -0.486. The van der Waals surface area contributed by atoms with Crippen LogP contribution in [0, 0.1) is 0 Å². The first-order valence-electron chi connectivity index (χ1n) is 4.63. The number of nitrogens with two attached hydrogens (primary N) is 1. The van der Waals surface area contributed by atoms with Crippen LogP contribution in [0.5, 0.6) is 0 Å². The van der Waals surface area contributed by atoms with Crippen molar-refractivity contribution in [1.29, 1.82) is 0 Å². The van der Waals surface area contributed by atoms with E-state index in [1.165, 1.54) is 0 Å². The molecule has 80 valence electrons. The minimum absolute atomic E-state index is 0.228. The Morgan fingerprint density at radius 3 is 2.93 bits per heavy atom. The molecule has 0 bridgehead atoms. The van der Waals surface area contributed by atoms with Crippen LogP contribution in [0.25, 0.3) is 0 Å². The van der Waals surface area contributed by atoms with Crippen LogP contribution in [0.4, 0.5) is 4.79 Å². The van der Waals surface area contributed by atoms with Gasteiger partial charge in [0.2, 0.25) is 5.91 Å². The number of amides is 3. The zero-order chi connectivity index (χ0) is 10.6. The second-order valence-electron chi connectivity index (χ2n) is 3.44. The molecule has 6 heteroatoms. The SMILES string of the molecule is CC1CNCCN1CC(=O)NC(N)=O. The van der Waals surface area contributed by atoms with E-state index >= 15 is 0 Å². The van der Waals surface area contributed by atoms with Gasteiger partial charge in [0.25, 0.3) is 0 Å². The minimum atomic E-state index is -0.794. The van der Waals surface area contributed by atoms with E-state index in [2.05, 4.69) is 5.32 Å². The molecule has 14 heavy (non-hydrogen) atoms. The number of carbonyl (C=O) groups excluding carboxylic acids is 2. The van der Waals surface area contributed by atoms with Crippen molar-refractivity contribution in [2.45, 2.75) is 13.0 Å². The van der Waals surface area contributed by atoms with Crippen molar-refractivity contribution in [3.8, 4) is 0 Å². The molecule has 1 saturated heterocycles. The smallest absolute Gasteiger partial charge is 0.318 e. The van der Waals surface area contributed by atoms with Gasteiger partial charge in [0, 0.05) is 25.7 Å². The lowest BCUT2D eigenvalue weighted by Crippen LogP contribution is -2.53. The van der Waals surface area contributed by atoms with E-state index in [4.69, 9.17) is 5.73 Å². The number of urea groups is 1. The maximum Gasteiger partial charge on any atom is 0.318 e. The van der Waals surface area contributed by atoms with Crippen molar-refractivity contribution in [2.75, 3.05) is 26.2 Å². The monoisotopic (exact) mass is 200 g/mol. The van der Waals surface area contributed by atoms with E-state index in [0.717, 1.165) is 19.6 Å². The van der Waals surface area contributed by atoms with Crippen molar-refractivity contribution in [3.63, 3.8) is 0 Å². The fraction of sp³-hybridized carbons (Fsp3) is 0.750. The molecule has 0 aromatic rings. The summed E-state index contributed by atoms with van der Waals surface area (Å²) in [6.45, 7) is 4.81. The van der Waals surface area contributed by atoms with Crippen LogP contribution >= 0.6 is 0 Å². The molecule has 4 N–H and O–H groups in total. The number of imide groups is 1. The molecule has 0 spiro atoms. The summed E-state index contributed by atoms with van der Waals surface area (Å²) in [4.78, 5) is 23.6. The second kappa shape index (κ2) is 4.92. The van der Waals surface area contributed by atoms with Gasteiger partial charge in [0.15, 0.2) is 0 Å². The lowest BCUT2D eigenvalue weighted by Gasteiger charge is -2.32. The molecule has 1 rings (SSSR count). The summed E-state index contributed by atoms with van der Waals surface area (Å²) < 4.78 is 0.